The van der Waals surface area contributed by atoms with Gasteiger partial charge in [0, 0.05) is 38.0 Å². The Balaban J connectivity index is 1.44. The third-order valence-electron chi connectivity index (χ3n) is 16.0. The molecule has 4 saturated heterocycles. The van der Waals surface area contributed by atoms with Crippen molar-refractivity contribution in [3.8, 4) is 0 Å². The highest BCUT2D eigenvalue weighted by atomic mass is 16.7. The van der Waals surface area contributed by atoms with E-state index in [1.807, 2.05) is 0 Å². The summed E-state index contributed by atoms with van der Waals surface area (Å²) in [5.41, 5.74) is 6.07. The molecule has 5 aliphatic rings. The highest BCUT2D eigenvalue weighted by molar-refractivity contribution is 5.74. The van der Waals surface area contributed by atoms with Gasteiger partial charge in [-0.15, -0.1) is 0 Å². The molecule has 0 unspecified atom stereocenters. The minimum atomic E-state index is -2.49. The molecule has 5 aliphatic heterocycles. The van der Waals surface area contributed by atoms with Crippen molar-refractivity contribution >= 4 is 12.0 Å². The largest absolute Gasteiger partial charge is 0.462 e. The van der Waals surface area contributed by atoms with Crippen LogP contribution < -0.4 is 16.4 Å². The van der Waals surface area contributed by atoms with Crippen molar-refractivity contribution in [2.75, 3.05) is 33.0 Å². The van der Waals surface area contributed by atoms with Crippen LogP contribution in [0.4, 0.5) is 4.79 Å². The summed E-state index contributed by atoms with van der Waals surface area (Å²) in [5.74, 6) is -3.58. The van der Waals surface area contributed by atoms with E-state index in [-0.39, 0.29) is 38.2 Å². The van der Waals surface area contributed by atoms with Gasteiger partial charge < -0.3 is 146 Å². The molecule has 0 aliphatic carbocycles. The fourth-order valence-corrected chi connectivity index (χ4v) is 10.7. The van der Waals surface area contributed by atoms with Gasteiger partial charge in [-0.1, -0.05) is 92.0 Å². The van der Waals surface area contributed by atoms with E-state index in [0.717, 1.165) is 0 Å². The van der Waals surface area contributed by atoms with Gasteiger partial charge in [0.25, 0.3) is 0 Å². The van der Waals surface area contributed by atoms with Crippen LogP contribution in [-0.4, -0.2) is 302 Å². The van der Waals surface area contributed by atoms with Gasteiger partial charge in [-0.25, -0.2) is 4.79 Å². The predicted molar refractivity (Wildman–Crippen MR) is 315 cm³/mol. The number of urea groups is 1. The molecule has 22 N–H and O–H groups in total. The van der Waals surface area contributed by atoms with Crippen LogP contribution in [0, 0.1) is 5.92 Å². The first-order valence-corrected chi connectivity index (χ1v) is 30.5. The van der Waals surface area contributed by atoms with E-state index >= 15 is 0 Å². The first kappa shape index (κ1) is 77.6. The van der Waals surface area contributed by atoms with Crippen molar-refractivity contribution in [3.63, 3.8) is 0 Å². The first-order chi connectivity index (χ1) is 43.1. The molecule has 31 nitrogen and oxygen atoms in total. The average Bonchev–Trinajstić information content (AvgIpc) is 1.25. The number of allylic oxidation sites excluding steroid dienone is 12. The molecule has 91 heavy (non-hydrogen) atoms. The number of esters is 1. The fraction of sp³-hybridized carbons (Fsp3) is 0.733. The van der Waals surface area contributed by atoms with Gasteiger partial charge in [-0.3, -0.25) is 4.79 Å². The molecular formula is C60H97N3O28. The summed E-state index contributed by atoms with van der Waals surface area (Å²) in [5, 5.41) is 198. The van der Waals surface area contributed by atoms with Crippen molar-refractivity contribution < 1.29 is 139 Å². The summed E-state index contributed by atoms with van der Waals surface area (Å²) < 4.78 is 45.8. The Labute approximate surface area is 526 Å². The van der Waals surface area contributed by atoms with Gasteiger partial charge in [-0.2, -0.15) is 0 Å². The topological polar surface area (TPSA) is 522 Å². The number of hydrogen-bond donors (Lipinski definition) is 21. The summed E-state index contributed by atoms with van der Waals surface area (Å²) in [6.45, 7) is -0.0497. The van der Waals surface area contributed by atoms with E-state index in [9.17, 15) is 102 Å². The first-order valence-electron chi connectivity index (χ1n) is 30.5. The van der Waals surface area contributed by atoms with Crippen LogP contribution in [0.15, 0.2) is 85.1 Å². The van der Waals surface area contributed by atoms with Gasteiger partial charge in [0.15, 0.2) is 24.7 Å². The lowest BCUT2D eigenvalue weighted by atomic mass is 9.87. The molecule has 0 aromatic heterocycles. The van der Waals surface area contributed by atoms with E-state index in [0.29, 0.717) is 0 Å². The number of aliphatic hydroxyl groups excluding tert-OH is 17. The van der Waals surface area contributed by atoms with Crippen molar-refractivity contribution in [2.45, 2.75) is 236 Å². The fourth-order valence-electron chi connectivity index (χ4n) is 10.7. The van der Waals surface area contributed by atoms with Crippen LogP contribution in [0.1, 0.15) is 71.6 Å². The smallest absolute Gasteiger partial charge is 0.315 e. The molecular weight excluding hydrogens is 1210 g/mol. The Morgan fingerprint density at radius 3 is 1.68 bits per heavy atom. The quantitative estimate of drug-likeness (QED) is 0.0809. The summed E-state index contributed by atoms with van der Waals surface area (Å²) in [4.78, 5) is 26.9. The number of amides is 2. The second-order valence-corrected chi connectivity index (χ2v) is 23.7. The van der Waals surface area contributed by atoms with Crippen LogP contribution >= 0.6 is 0 Å². The number of nitrogens with one attached hydrogen (secondary N) is 2. The van der Waals surface area contributed by atoms with Crippen molar-refractivity contribution in [1.82, 2.24) is 10.6 Å². The normalized spacial score (nSPS) is 44.5. The number of aliphatic hydroxyl groups is 18. The lowest BCUT2D eigenvalue weighted by Crippen LogP contribution is -2.64. The maximum absolute atomic E-state index is 14.3. The van der Waals surface area contributed by atoms with Crippen LogP contribution in [0.25, 0.3) is 0 Å². The molecule has 520 valence electrons. The zero-order valence-corrected chi connectivity index (χ0v) is 50.8. The van der Waals surface area contributed by atoms with Crippen LogP contribution in [0.5, 0.6) is 0 Å². The highest BCUT2D eigenvalue weighted by Crippen LogP contribution is 2.36. The molecule has 2 amide bonds. The maximum Gasteiger partial charge on any atom is 0.315 e. The van der Waals surface area contributed by atoms with E-state index in [2.05, 4.69) is 10.6 Å². The standard InChI is InChI=1S/C60H97N3O28/c1-31-15-13-11-9-7-5-3-4-6-8-10-12-14-16-37(88-56-51(77)47(61)42(73)30-86-56)23-43-48(41(72)25-60(83,91-43)24-36(68)21-40(71)38(69)18-17-34(66)20-35(67)22-46(74)87-32(2)19-39(31)70)63-59(82)62-33(28-84-57-54(80)52(78)49(75)44(26-64)89-57)29-85-58-55(81)53(79)50(76)45(27-65)90-58/h3-16,31-45,47-58,64-73,75-81,83H,17-30,61H2,1-2H3,(H2,62,63,82)/b4-3+,7-5+,8-6+,11-9+,12-10+,15-13+,16-14+/t31-,32-,34+,35+,36-,37-,38+,39-,40+,41-,42+,43-,44+,45+,47-,48+,49+,50+,51-,52-,53-,54-,55-,56-,57-,58-,60+/m0/s1. The van der Waals surface area contributed by atoms with E-state index in [1.165, 1.54) is 12.2 Å². The number of carbonyl (C=O) groups is 2. The Morgan fingerprint density at radius 2 is 1.13 bits per heavy atom. The van der Waals surface area contributed by atoms with Crippen molar-refractivity contribution in [2.24, 2.45) is 11.7 Å². The molecule has 0 aromatic rings. The second-order valence-electron chi connectivity index (χ2n) is 23.7. The molecule has 27 atom stereocenters. The zero-order valence-electron chi connectivity index (χ0n) is 50.8. The second kappa shape index (κ2) is 38.4. The number of nitrogens with two attached hydrogens (primary N) is 1. The SMILES string of the molecule is C[C@H]1C[C@H](O)[C@@H](C)/C=C/C=C/C=C/C=C/C=C/C=C/C=C/[C@H](O[C@@H]2OC[C@@H](O)[C@H](N)[C@@H]2O)C[C@@H]2O[C@](O)(C[C@@H](O)C[C@@H](O)[C@H](O)CC[C@@H](O)C[C@@H](O)CC(=O)O1)C[C@H](O)[C@H]2NC(=O)NC(CO[C@H]1O[C@H](CO)[C@@H](O)[C@H](O)[C@@H]1O)CO[C@H]1O[C@H](CO)[C@@H](O)[C@H](O)[C@@H]1O. The van der Waals surface area contributed by atoms with Crippen LogP contribution in [0.3, 0.4) is 0 Å². The third-order valence-corrected chi connectivity index (χ3v) is 16.0. The van der Waals surface area contributed by atoms with Crippen LogP contribution in [0.2, 0.25) is 0 Å². The Kier molecular flexibility index (Phi) is 32.8. The Hall–Kier alpha value is -4.12. The highest BCUT2D eigenvalue weighted by Gasteiger charge is 2.50. The third kappa shape index (κ3) is 24.9. The molecule has 0 radical (unpaired) electrons. The van der Waals surface area contributed by atoms with E-state index in [4.69, 9.17) is 43.6 Å². The number of cyclic esters (lactones) is 1. The van der Waals surface area contributed by atoms with Gasteiger partial charge in [0.05, 0.1) is 119 Å². The summed E-state index contributed by atoms with van der Waals surface area (Å²) >= 11 is 0. The molecule has 0 aromatic carbocycles. The minimum absolute atomic E-state index is 0.104. The summed E-state index contributed by atoms with van der Waals surface area (Å²) in [6, 6.07) is -5.38. The van der Waals surface area contributed by atoms with Crippen LogP contribution in [-0.2, 0) is 42.7 Å². The maximum atomic E-state index is 14.3. The monoisotopic (exact) mass is 1310 g/mol. The number of ether oxygens (including phenoxy) is 8. The molecule has 2 bridgehead atoms. The van der Waals surface area contributed by atoms with E-state index < -0.39 is 235 Å². The van der Waals surface area contributed by atoms with Gasteiger partial charge in [-0.05, 0) is 26.2 Å². The Morgan fingerprint density at radius 1 is 0.593 bits per heavy atom. The number of hydrogen-bond acceptors (Lipinski definition) is 29. The molecule has 0 saturated carbocycles. The molecule has 5 heterocycles. The summed E-state index contributed by atoms with van der Waals surface area (Å²) in [6.07, 6.45) is -15.6. The van der Waals surface area contributed by atoms with Crippen molar-refractivity contribution in [1.29, 1.82) is 0 Å². The van der Waals surface area contributed by atoms with Gasteiger partial charge in [0.2, 0.25) is 0 Å². The molecule has 0 spiro atoms. The molecule has 4 fully saturated rings. The minimum Gasteiger partial charge on any atom is -0.462 e. The number of fused-ring (bicyclic) bond motifs is 2. The van der Waals surface area contributed by atoms with E-state index in [1.54, 1.807) is 86.8 Å². The van der Waals surface area contributed by atoms with Gasteiger partial charge >= 0.3 is 12.0 Å². The molecule has 31 heteroatoms. The predicted octanol–water partition coefficient (Wildman–Crippen LogP) is -5.95. The number of carbonyl (C=O) groups excluding carboxylic acids is 2. The number of rotatable bonds is 12. The Bertz CT molecular complexity index is 2330. The lowest BCUT2D eigenvalue weighted by molar-refractivity contribution is -0.309. The summed E-state index contributed by atoms with van der Waals surface area (Å²) in [7, 11) is 0. The van der Waals surface area contributed by atoms with Gasteiger partial charge in [0.1, 0.15) is 61.0 Å². The lowest BCUT2D eigenvalue weighted by Gasteiger charge is -2.46. The molecule has 5 rings (SSSR count). The average molecular weight is 1310 g/mol. The zero-order chi connectivity index (χ0) is 67.1. The van der Waals surface area contributed by atoms with Crippen molar-refractivity contribution in [3.05, 3.63) is 85.1 Å².